The number of amides is 1. The number of hydrogen-bond donors (Lipinski definition) is 0. The molecule has 4 heteroatoms. The highest BCUT2D eigenvalue weighted by molar-refractivity contribution is 6.15. The van der Waals surface area contributed by atoms with Crippen LogP contribution in [0.25, 0.3) is 10.9 Å². The molecule has 2 heterocycles. The summed E-state index contributed by atoms with van der Waals surface area (Å²) in [5.41, 5.74) is 6.64. The monoisotopic (exact) mass is 534 g/mol. The predicted molar refractivity (Wildman–Crippen MR) is 164 cm³/mol. The standard InChI is InChI=1S/C36H42N2O2/c1-4-7-21-37-25-33(30-12-8-9-13-34(30)37)29-20-22-38(24-29)36(40)31-19-16-27(11-6-3)23-32(31)35(39)28-17-14-26(10-5-2)15-18-28/h8-9,12-19,23,25,29H,4-7,10-11,20-22,24H2,1-3H3. The van der Waals surface area contributed by atoms with Crippen LogP contribution in [0.15, 0.2) is 72.9 Å². The lowest BCUT2D eigenvalue weighted by atomic mass is 9.93. The highest BCUT2D eigenvalue weighted by Gasteiger charge is 2.32. The highest BCUT2D eigenvalue weighted by atomic mass is 16.2. The van der Waals surface area contributed by atoms with Crippen LogP contribution in [-0.4, -0.2) is 34.2 Å². The van der Waals surface area contributed by atoms with Crippen molar-refractivity contribution in [1.29, 1.82) is 0 Å². The van der Waals surface area contributed by atoms with E-state index in [0.29, 0.717) is 35.7 Å². The average molecular weight is 535 g/mol. The fourth-order valence-corrected chi connectivity index (χ4v) is 6.16. The first-order valence-corrected chi connectivity index (χ1v) is 15.2. The van der Waals surface area contributed by atoms with Crippen LogP contribution in [-0.2, 0) is 19.4 Å². The molecule has 0 radical (unpaired) electrons. The van der Waals surface area contributed by atoms with Crippen LogP contribution >= 0.6 is 0 Å². The first-order chi connectivity index (χ1) is 19.5. The number of unbranched alkanes of at least 4 members (excludes halogenated alkanes) is 1. The van der Waals surface area contributed by atoms with Gasteiger partial charge in [-0.15, -0.1) is 0 Å². The summed E-state index contributed by atoms with van der Waals surface area (Å²) >= 11 is 0. The molecule has 4 nitrogen and oxygen atoms in total. The summed E-state index contributed by atoms with van der Waals surface area (Å²) in [6, 6.07) is 22.4. The van der Waals surface area contributed by atoms with Crippen molar-refractivity contribution in [2.75, 3.05) is 13.1 Å². The Kier molecular flexibility index (Phi) is 8.84. The molecular weight excluding hydrogens is 492 g/mol. The minimum Gasteiger partial charge on any atom is -0.347 e. The van der Waals surface area contributed by atoms with Crippen LogP contribution in [0.1, 0.15) is 102 Å². The topological polar surface area (TPSA) is 42.3 Å². The van der Waals surface area contributed by atoms with E-state index in [-0.39, 0.29) is 11.7 Å². The number of carbonyl (C=O) groups excluding carboxylic acids is 2. The second-order valence-electron chi connectivity index (χ2n) is 11.3. The average Bonchev–Trinajstić information content (AvgIpc) is 3.61. The molecule has 1 atom stereocenters. The number of hydrogen-bond acceptors (Lipinski definition) is 2. The molecule has 1 amide bonds. The molecule has 1 fully saturated rings. The lowest BCUT2D eigenvalue weighted by Gasteiger charge is -2.19. The number of aryl methyl sites for hydroxylation is 3. The van der Waals surface area contributed by atoms with Crippen molar-refractivity contribution in [2.45, 2.75) is 78.2 Å². The summed E-state index contributed by atoms with van der Waals surface area (Å²) in [6.07, 6.45) is 9.51. The Morgan fingerprint density at radius 2 is 1.55 bits per heavy atom. The van der Waals surface area contributed by atoms with Crippen molar-refractivity contribution in [3.05, 3.63) is 106 Å². The number of ketones is 1. The van der Waals surface area contributed by atoms with Crippen molar-refractivity contribution in [2.24, 2.45) is 0 Å². The van der Waals surface area contributed by atoms with Crippen LogP contribution in [0.5, 0.6) is 0 Å². The van der Waals surface area contributed by atoms with E-state index in [1.54, 1.807) is 0 Å². The normalized spacial score (nSPS) is 15.2. The van der Waals surface area contributed by atoms with Crippen LogP contribution < -0.4 is 0 Å². The van der Waals surface area contributed by atoms with Crippen molar-refractivity contribution >= 4 is 22.6 Å². The molecule has 0 spiro atoms. The molecule has 40 heavy (non-hydrogen) atoms. The van der Waals surface area contributed by atoms with Gasteiger partial charge in [0.15, 0.2) is 5.78 Å². The van der Waals surface area contributed by atoms with E-state index < -0.39 is 0 Å². The zero-order valence-electron chi connectivity index (χ0n) is 24.3. The lowest BCUT2D eigenvalue weighted by Crippen LogP contribution is -2.30. The molecule has 1 saturated heterocycles. The minimum atomic E-state index is -0.0703. The lowest BCUT2D eigenvalue weighted by molar-refractivity contribution is 0.0786. The summed E-state index contributed by atoms with van der Waals surface area (Å²) in [5.74, 6) is 0.187. The number of rotatable bonds is 11. The van der Waals surface area contributed by atoms with Gasteiger partial charge in [-0.3, -0.25) is 9.59 Å². The summed E-state index contributed by atoms with van der Waals surface area (Å²) < 4.78 is 2.38. The third-order valence-electron chi connectivity index (χ3n) is 8.34. The fraction of sp³-hybridized carbons (Fsp3) is 0.389. The van der Waals surface area contributed by atoms with E-state index in [1.165, 1.54) is 22.0 Å². The molecule has 1 aromatic heterocycles. The van der Waals surface area contributed by atoms with Gasteiger partial charge in [-0.2, -0.15) is 0 Å². The number of likely N-dealkylation sites (tertiary alicyclic amines) is 1. The largest absolute Gasteiger partial charge is 0.347 e. The van der Waals surface area contributed by atoms with Crippen molar-refractivity contribution in [1.82, 2.24) is 9.47 Å². The van der Waals surface area contributed by atoms with Crippen molar-refractivity contribution < 1.29 is 9.59 Å². The maximum Gasteiger partial charge on any atom is 0.254 e. The number of aromatic nitrogens is 1. The second kappa shape index (κ2) is 12.7. The quantitative estimate of drug-likeness (QED) is 0.182. The molecule has 1 unspecified atom stereocenters. The van der Waals surface area contributed by atoms with Gasteiger partial charge in [-0.25, -0.2) is 0 Å². The van der Waals surface area contributed by atoms with Crippen molar-refractivity contribution in [3.63, 3.8) is 0 Å². The SMILES string of the molecule is CCCCn1cc(C2CCN(C(=O)c3ccc(CCC)cc3C(=O)c3ccc(CCC)cc3)C2)c2ccccc21. The number of carbonyl (C=O) groups is 2. The molecule has 3 aromatic carbocycles. The third kappa shape index (κ3) is 5.77. The first kappa shape index (κ1) is 27.9. The Labute approximate surface area is 239 Å². The molecule has 0 aliphatic carbocycles. The Hall–Kier alpha value is -3.66. The van der Waals surface area contributed by atoms with Gasteiger partial charge in [0, 0.05) is 53.8 Å². The molecule has 0 bridgehead atoms. The summed E-state index contributed by atoms with van der Waals surface area (Å²) in [5, 5.41) is 1.30. The van der Waals surface area contributed by atoms with Gasteiger partial charge in [-0.1, -0.05) is 88.6 Å². The molecule has 1 aliphatic heterocycles. The van der Waals surface area contributed by atoms with Crippen molar-refractivity contribution in [3.8, 4) is 0 Å². The van der Waals surface area contributed by atoms with E-state index in [9.17, 15) is 9.59 Å². The zero-order chi connectivity index (χ0) is 28.1. The minimum absolute atomic E-state index is 0.0359. The van der Waals surface area contributed by atoms with E-state index in [0.717, 1.165) is 57.1 Å². The molecule has 1 aliphatic rings. The molecule has 4 aromatic rings. The smallest absolute Gasteiger partial charge is 0.254 e. The number of para-hydroxylation sites is 1. The Morgan fingerprint density at radius 3 is 2.30 bits per heavy atom. The molecule has 0 saturated carbocycles. The maximum absolute atomic E-state index is 14.0. The van der Waals surface area contributed by atoms with Gasteiger partial charge < -0.3 is 9.47 Å². The van der Waals surface area contributed by atoms with Gasteiger partial charge in [0.1, 0.15) is 0 Å². The van der Waals surface area contributed by atoms with Gasteiger partial charge in [0.25, 0.3) is 5.91 Å². The molecule has 208 valence electrons. The Bertz CT molecular complexity index is 1480. The molecule has 0 N–H and O–H groups in total. The number of benzene rings is 3. The number of fused-ring (bicyclic) bond motifs is 1. The highest BCUT2D eigenvalue weighted by Crippen LogP contribution is 2.35. The Balaban J connectivity index is 1.41. The first-order valence-electron chi connectivity index (χ1n) is 15.2. The van der Waals surface area contributed by atoms with Crippen LogP contribution in [0, 0.1) is 0 Å². The fourth-order valence-electron chi connectivity index (χ4n) is 6.16. The van der Waals surface area contributed by atoms with Crippen LogP contribution in [0.3, 0.4) is 0 Å². The summed E-state index contributed by atoms with van der Waals surface area (Å²) in [7, 11) is 0. The van der Waals surface area contributed by atoms with E-state index in [1.807, 2.05) is 47.4 Å². The second-order valence-corrected chi connectivity index (χ2v) is 11.3. The number of nitrogens with zero attached hydrogens (tertiary/aromatic N) is 2. The van der Waals surface area contributed by atoms with Crippen LogP contribution in [0.2, 0.25) is 0 Å². The summed E-state index contributed by atoms with van der Waals surface area (Å²) in [4.78, 5) is 29.7. The van der Waals surface area contributed by atoms with Gasteiger partial charge in [0.05, 0.1) is 5.56 Å². The van der Waals surface area contributed by atoms with Gasteiger partial charge >= 0.3 is 0 Å². The Morgan fingerprint density at radius 1 is 0.825 bits per heavy atom. The molecule has 5 rings (SSSR count). The molecular formula is C36H42N2O2. The third-order valence-corrected chi connectivity index (χ3v) is 8.34. The van der Waals surface area contributed by atoms with Crippen LogP contribution in [0.4, 0.5) is 0 Å². The zero-order valence-corrected chi connectivity index (χ0v) is 24.3. The maximum atomic E-state index is 14.0. The van der Waals surface area contributed by atoms with Gasteiger partial charge in [-0.05, 0) is 60.6 Å². The van der Waals surface area contributed by atoms with E-state index in [4.69, 9.17) is 0 Å². The van der Waals surface area contributed by atoms with Gasteiger partial charge in [0.2, 0.25) is 0 Å². The predicted octanol–water partition coefficient (Wildman–Crippen LogP) is 8.21. The summed E-state index contributed by atoms with van der Waals surface area (Å²) in [6.45, 7) is 8.91. The van der Waals surface area contributed by atoms with E-state index in [2.05, 4.69) is 55.8 Å². The van der Waals surface area contributed by atoms with E-state index >= 15 is 0 Å².